The molecule has 0 spiro atoms. The molecule has 2 aliphatic carbocycles. The summed E-state index contributed by atoms with van der Waals surface area (Å²) in [6, 6.07) is 0. The van der Waals surface area contributed by atoms with Gasteiger partial charge >= 0.3 is 0 Å². The first-order chi connectivity index (χ1) is 9.08. The van der Waals surface area contributed by atoms with Crippen molar-refractivity contribution < 1.29 is 5.11 Å². The Labute approximate surface area is 118 Å². The maximum absolute atomic E-state index is 10.5. The van der Waals surface area contributed by atoms with Crippen LogP contribution in [0.3, 0.4) is 0 Å². The lowest BCUT2D eigenvalue weighted by Crippen LogP contribution is -2.46. The highest BCUT2D eigenvalue weighted by Crippen LogP contribution is 2.39. The fourth-order valence-corrected chi connectivity index (χ4v) is 4.23. The Morgan fingerprint density at radius 1 is 1.00 bits per heavy atom. The molecule has 2 fully saturated rings. The van der Waals surface area contributed by atoms with Crippen molar-refractivity contribution >= 4 is 0 Å². The van der Waals surface area contributed by atoms with Gasteiger partial charge in [-0.25, -0.2) is 0 Å². The van der Waals surface area contributed by atoms with Crippen LogP contribution in [0.15, 0.2) is 0 Å². The second-order valence-electron chi connectivity index (χ2n) is 7.09. The van der Waals surface area contributed by atoms with E-state index >= 15 is 0 Å². The Balaban J connectivity index is 1.86. The smallest absolute Gasteiger partial charge is 0.0774 e. The van der Waals surface area contributed by atoms with Crippen molar-refractivity contribution in [3.05, 3.63) is 0 Å². The second-order valence-corrected chi connectivity index (χ2v) is 7.09. The van der Waals surface area contributed by atoms with Gasteiger partial charge in [-0.15, -0.1) is 0 Å². The highest BCUT2D eigenvalue weighted by atomic mass is 16.3. The number of nitrogens with one attached hydrogen (secondary N) is 1. The third kappa shape index (κ3) is 4.17. The van der Waals surface area contributed by atoms with Crippen molar-refractivity contribution in [2.75, 3.05) is 33.2 Å². The normalized spacial score (nSPS) is 25.3. The Morgan fingerprint density at radius 2 is 1.58 bits per heavy atom. The zero-order chi connectivity index (χ0) is 13.8. The lowest BCUT2D eigenvalue weighted by atomic mass is 9.85. The fourth-order valence-electron chi connectivity index (χ4n) is 4.23. The molecule has 0 aromatic heterocycles. The summed E-state index contributed by atoms with van der Waals surface area (Å²) in [5, 5.41) is 14.1. The SMILES string of the molecule is CCNCC1(CN(C)CC2(O)CCCC2)CCCC1. The van der Waals surface area contributed by atoms with E-state index in [1.54, 1.807) is 0 Å². The molecular weight excluding hydrogens is 236 g/mol. The average molecular weight is 268 g/mol. The number of hydrogen-bond donors (Lipinski definition) is 2. The summed E-state index contributed by atoms with van der Waals surface area (Å²) in [6.07, 6.45) is 9.85. The van der Waals surface area contributed by atoms with E-state index in [9.17, 15) is 5.11 Å². The number of hydrogen-bond acceptors (Lipinski definition) is 3. The van der Waals surface area contributed by atoms with Gasteiger partial charge < -0.3 is 15.3 Å². The van der Waals surface area contributed by atoms with Crippen molar-refractivity contribution in [1.29, 1.82) is 0 Å². The van der Waals surface area contributed by atoms with Gasteiger partial charge in [0.2, 0.25) is 0 Å². The summed E-state index contributed by atoms with van der Waals surface area (Å²) < 4.78 is 0. The van der Waals surface area contributed by atoms with E-state index < -0.39 is 5.60 Å². The van der Waals surface area contributed by atoms with Crippen LogP contribution in [-0.2, 0) is 0 Å². The van der Waals surface area contributed by atoms with E-state index in [1.165, 1.54) is 38.5 Å². The Hall–Kier alpha value is -0.120. The zero-order valence-electron chi connectivity index (χ0n) is 12.9. The quantitative estimate of drug-likeness (QED) is 0.744. The predicted octanol–water partition coefficient (Wildman–Crippen LogP) is 2.39. The minimum absolute atomic E-state index is 0.396. The molecule has 3 heteroatoms. The van der Waals surface area contributed by atoms with Gasteiger partial charge in [0, 0.05) is 19.6 Å². The molecule has 2 aliphatic rings. The molecule has 0 atom stereocenters. The molecule has 0 heterocycles. The van der Waals surface area contributed by atoms with Crippen LogP contribution in [0.2, 0.25) is 0 Å². The number of nitrogens with zero attached hydrogens (tertiary/aromatic N) is 1. The molecule has 3 nitrogen and oxygen atoms in total. The summed E-state index contributed by atoms with van der Waals surface area (Å²) in [4.78, 5) is 2.40. The Bertz CT molecular complexity index is 268. The van der Waals surface area contributed by atoms with Gasteiger partial charge in [0.05, 0.1) is 5.60 Å². The van der Waals surface area contributed by atoms with Gasteiger partial charge in [-0.05, 0) is 44.7 Å². The third-order valence-corrected chi connectivity index (χ3v) is 5.12. The minimum Gasteiger partial charge on any atom is -0.389 e. The zero-order valence-corrected chi connectivity index (χ0v) is 12.9. The first-order valence-electron chi connectivity index (χ1n) is 8.19. The van der Waals surface area contributed by atoms with E-state index in [4.69, 9.17) is 0 Å². The third-order valence-electron chi connectivity index (χ3n) is 5.12. The van der Waals surface area contributed by atoms with Crippen LogP contribution in [0.1, 0.15) is 58.3 Å². The van der Waals surface area contributed by atoms with Gasteiger partial charge in [0.15, 0.2) is 0 Å². The van der Waals surface area contributed by atoms with E-state index in [-0.39, 0.29) is 0 Å². The molecule has 0 aliphatic heterocycles. The van der Waals surface area contributed by atoms with E-state index in [0.717, 1.165) is 39.0 Å². The standard InChI is InChI=1S/C16H32N2O/c1-3-17-12-15(8-4-5-9-15)13-18(2)14-16(19)10-6-7-11-16/h17,19H,3-14H2,1-2H3. The molecule has 0 unspecified atom stereocenters. The van der Waals surface area contributed by atoms with Crippen LogP contribution in [0.4, 0.5) is 0 Å². The van der Waals surface area contributed by atoms with E-state index in [0.29, 0.717) is 5.41 Å². The number of likely N-dealkylation sites (N-methyl/N-ethyl adjacent to an activating group) is 1. The highest BCUT2D eigenvalue weighted by Gasteiger charge is 2.37. The lowest BCUT2D eigenvalue weighted by molar-refractivity contribution is 0.00571. The summed E-state index contributed by atoms with van der Waals surface area (Å²) in [5.74, 6) is 0. The van der Waals surface area contributed by atoms with Crippen LogP contribution in [0, 0.1) is 5.41 Å². The topological polar surface area (TPSA) is 35.5 Å². The molecule has 2 N–H and O–H groups in total. The number of aliphatic hydroxyl groups is 1. The summed E-state index contributed by atoms with van der Waals surface area (Å²) >= 11 is 0. The van der Waals surface area contributed by atoms with Crippen LogP contribution in [0.5, 0.6) is 0 Å². The molecule has 0 bridgehead atoms. The van der Waals surface area contributed by atoms with Crippen molar-refractivity contribution in [3.63, 3.8) is 0 Å². The highest BCUT2D eigenvalue weighted by molar-refractivity contribution is 4.92. The minimum atomic E-state index is -0.396. The molecule has 0 aromatic carbocycles. The Kier molecular flexibility index (Phi) is 5.27. The lowest BCUT2D eigenvalue weighted by Gasteiger charge is -2.37. The van der Waals surface area contributed by atoms with Crippen LogP contribution in [-0.4, -0.2) is 48.8 Å². The van der Waals surface area contributed by atoms with Gasteiger partial charge in [-0.1, -0.05) is 32.6 Å². The molecule has 2 saturated carbocycles. The van der Waals surface area contributed by atoms with Crippen molar-refractivity contribution in [3.8, 4) is 0 Å². The van der Waals surface area contributed by atoms with E-state index in [2.05, 4.69) is 24.2 Å². The average Bonchev–Trinajstić information content (AvgIpc) is 2.97. The fraction of sp³-hybridized carbons (Fsp3) is 1.00. The molecule has 0 aromatic rings. The van der Waals surface area contributed by atoms with Crippen molar-refractivity contribution in [2.24, 2.45) is 5.41 Å². The van der Waals surface area contributed by atoms with Gasteiger partial charge in [-0.2, -0.15) is 0 Å². The van der Waals surface area contributed by atoms with Crippen LogP contribution >= 0.6 is 0 Å². The molecule has 2 rings (SSSR count). The van der Waals surface area contributed by atoms with Crippen molar-refractivity contribution in [1.82, 2.24) is 10.2 Å². The monoisotopic (exact) mass is 268 g/mol. The van der Waals surface area contributed by atoms with Crippen molar-refractivity contribution in [2.45, 2.75) is 63.9 Å². The first-order valence-corrected chi connectivity index (χ1v) is 8.19. The number of rotatable bonds is 7. The Morgan fingerprint density at radius 3 is 2.16 bits per heavy atom. The first kappa shape index (κ1) is 15.3. The summed E-state index contributed by atoms with van der Waals surface area (Å²) in [5.41, 5.74) is 0.0620. The summed E-state index contributed by atoms with van der Waals surface area (Å²) in [6.45, 7) is 6.40. The van der Waals surface area contributed by atoms with Gasteiger partial charge in [0.1, 0.15) is 0 Å². The molecule has 0 amide bonds. The van der Waals surface area contributed by atoms with Crippen LogP contribution in [0.25, 0.3) is 0 Å². The van der Waals surface area contributed by atoms with Gasteiger partial charge in [0.25, 0.3) is 0 Å². The second kappa shape index (κ2) is 6.55. The van der Waals surface area contributed by atoms with Gasteiger partial charge in [-0.3, -0.25) is 0 Å². The largest absolute Gasteiger partial charge is 0.389 e. The van der Waals surface area contributed by atoms with Crippen LogP contribution < -0.4 is 5.32 Å². The predicted molar refractivity (Wildman–Crippen MR) is 80.4 cm³/mol. The maximum atomic E-state index is 10.5. The summed E-state index contributed by atoms with van der Waals surface area (Å²) in [7, 11) is 2.20. The molecule has 0 radical (unpaired) electrons. The molecule has 0 saturated heterocycles. The molecule has 19 heavy (non-hydrogen) atoms. The molecular formula is C16H32N2O. The maximum Gasteiger partial charge on any atom is 0.0774 e. The van der Waals surface area contributed by atoms with E-state index in [1.807, 2.05) is 0 Å². The molecule has 112 valence electrons.